The third-order valence-corrected chi connectivity index (χ3v) is 2.50. The smallest absolute Gasteiger partial charge is 0.245 e. The molecule has 0 aliphatic heterocycles. The highest BCUT2D eigenvalue weighted by molar-refractivity contribution is 5.82. The topological polar surface area (TPSA) is 59.3 Å². The Morgan fingerprint density at radius 2 is 2.22 bits per heavy atom. The number of aryl methyl sites for hydroxylation is 1. The van der Waals surface area contributed by atoms with Crippen LogP contribution in [0.3, 0.4) is 0 Å². The fourth-order valence-corrected chi connectivity index (χ4v) is 1.51. The summed E-state index contributed by atoms with van der Waals surface area (Å²) in [6.45, 7) is 0. The molecule has 1 N–H and O–H groups in total. The van der Waals surface area contributed by atoms with Gasteiger partial charge in [0.1, 0.15) is 0 Å². The number of carbonyl (C=O) groups excluding carboxylic acids is 1. The van der Waals surface area contributed by atoms with Crippen molar-refractivity contribution in [2.75, 3.05) is 0 Å². The van der Waals surface area contributed by atoms with Crippen molar-refractivity contribution in [2.45, 2.75) is 6.42 Å². The highest BCUT2D eigenvalue weighted by atomic mass is 16.2. The van der Waals surface area contributed by atoms with E-state index in [-0.39, 0.29) is 5.91 Å². The van der Waals surface area contributed by atoms with Crippen LogP contribution in [0.1, 0.15) is 11.3 Å². The van der Waals surface area contributed by atoms with Crippen LogP contribution in [0.25, 0.3) is 0 Å². The van der Waals surface area contributed by atoms with Gasteiger partial charge in [0.05, 0.1) is 12.6 Å². The van der Waals surface area contributed by atoms with Gasteiger partial charge in [-0.3, -0.25) is 9.78 Å². The normalized spacial score (nSPS) is 10.7. The van der Waals surface area contributed by atoms with Crippen LogP contribution >= 0.6 is 0 Å². The van der Waals surface area contributed by atoms with Crippen molar-refractivity contribution in [2.24, 2.45) is 12.1 Å². The van der Waals surface area contributed by atoms with Crippen molar-refractivity contribution in [3.05, 3.63) is 54.1 Å². The lowest BCUT2D eigenvalue weighted by Crippen LogP contribution is -2.20. The molecule has 0 radical (unpaired) electrons. The molecule has 0 aromatic carbocycles. The highest BCUT2D eigenvalue weighted by Crippen LogP contribution is 2.00. The second kappa shape index (κ2) is 5.77. The molecule has 1 amide bonds. The van der Waals surface area contributed by atoms with E-state index >= 15 is 0 Å². The van der Waals surface area contributed by atoms with E-state index in [1.54, 1.807) is 18.6 Å². The zero-order chi connectivity index (χ0) is 12.8. The molecule has 2 aromatic heterocycles. The van der Waals surface area contributed by atoms with Crippen molar-refractivity contribution < 1.29 is 4.79 Å². The van der Waals surface area contributed by atoms with Gasteiger partial charge in [0.15, 0.2) is 0 Å². The molecule has 5 heteroatoms. The largest absolute Gasteiger partial charge is 0.354 e. The first kappa shape index (κ1) is 12.0. The van der Waals surface area contributed by atoms with Gasteiger partial charge in [-0.2, -0.15) is 5.10 Å². The van der Waals surface area contributed by atoms with Gasteiger partial charge in [-0.15, -0.1) is 0 Å². The minimum absolute atomic E-state index is 0.137. The average Bonchev–Trinajstić information content (AvgIpc) is 2.76. The molecule has 0 bridgehead atoms. The summed E-state index contributed by atoms with van der Waals surface area (Å²) in [6, 6.07) is 7.44. The van der Waals surface area contributed by atoms with E-state index in [1.807, 2.05) is 42.1 Å². The molecule has 2 aromatic rings. The Labute approximate surface area is 105 Å². The molecule has 18 heavy (non-hydrogen) atoms. The van der Waals surface area contributed by atoms with Crippen LogP contribution in [0.15, 0.2) is 48.0 Å². The number of hydrogen-bond donors (Lipinski definition) is 1. The predicted molar refractivity (Wildman–Crippen MR) is 69.1 cm³/mol. The molecule has 0 aliphatic carbocycles. The Morgan fingerprint density at radius 1 is 1.44 bits per heavy atom. The number of carbonyl (C=O) groups is 1. The van der Waals surface area contributed by atoms with Crippen LogP contribution in [0.5, 0.6) is 0 Å². The van der Waals surface area contributed by atoms with Gasteiger partial charge in [0.25, 0.3) is 0 Å². The molecule has 2 heterocycles. The van der Waals surface area contributed by atoms with Gasteiger partial charge >= 0.3 is 0 Å². The first-order valence-corrected chi connectivity index (χ1v) is 5.58. The zero-order valence-corrected chi connectivity index (χ0v) is 10.1. The first-order valence-electron chi connectivity index (χ1n) is 5.58. The quantitative estimate of drug-likeness (QED) is 0.645. The summed E-state index contributed by atoms with van der Waals surface area (Å²) < 4.78 is 1.91. The van der Waals surface area contributed by atoms with Gasteiger partial charge in [-0.1, -0.05) is 0 Å². The van der Waals surface area contributed by atoms with Crippen molar-refractivity contribution in [1.82, 2.24) is 15.0 Å². The second-order valence-corrected chi connectivity index (χ2v) is 3.86. The number of rotatable bonds is 4. The SMILES string of the molecule is Cn1cccc1CC(=O)N/N=C\c1ccncc1. The standard InChI is InChI=1S/C13H14N4O/c1-17-8-2-3-12(17)9-13(18)16-15-10-11-4-6-14-7-5-11/h2-8,10H,9H2,1H3,(H,16,18)/b15-10-. The minimum Gasteiger partial charge on any atom is -0.354 e. The van der Waals surface area contributed by atoms with Gasteiger partial charge in [-0.25, -0.2) is 5.43 Å². The van der Waals surface area contributed by atoms with E-state index in [1.165, 1.54) is 0 Å². The molecule has 0 atom stereocenters. The number of hydrazone groups is 1. The number of aromatic nitrogens is 2. The van der Waals surface area contributed by atoms with Gasteiger partial charge in [0, 0.05) is 31.3 Å². The van der Waals surface area contributed by atoms with E-state index in [0.717, 1.165) is 11.3 Å². The van der Waals surface area contributed by atoms with Crippen molar-refractivity contribution in [1.29, 1.82) is 0 Å². The molecule has 0 saturated carbocycles. The fourth-order valence-electron chi connectivity index (χ4n) is 1.51. The number of nitrogens with one attached hydrogen (secondary N) is 1. The number of amides is 1. The Balaban J connectivity index is 1.86. The lowest BCUT2D eigenvalue weighted by Gasteiger charge is -2.01. The van der Waals surface area contributed by atoms with E-state index < -0.39 is 0 Å². The summed E-state index contributed by atoms with van der Waals surface area (Å²) in [4.78, 5) is 15.5. The van der Waals surface area contributed by atoms with E-state index in [2.05, 4.69) is 15.5 Å². The van der Waals surface area contributed by atoms with Crippen LogP contribution in [0.4, 0.5) is 0 Å². The molecule has 0 fully saturated rings. The lowest BCUT2D eigenvalue weighted by atomic mass is 10.3. The highest BCUT2D eigenvalue weighted by Gasteiger charge is 2.03. The first-order chi connectivity index (χ1) is 8.75. The molecule has 0 unspecified atom stereocenters. The maximum absolute atomic E-state index is 11.6. The Bertz CT molecular complexity index is 545. The van der Waals surface area contributed by atoms with Crippen LogP contribution in [0.2, 0.25) is 0 Å². The summed E-state index contributed by atoms with van der Waals surface area (Å²) in [5, 5.41) is 3.89. The molecule has 92 valence electrons. The minimum atomic E-state index is -0.137. The van der Waals surface area contributed by atoms with Gasteiger partial charge < -0.3 is 4.57 Å². The Morgan fingerprint density at radius 3 is 2.89 bits per heavy atom. The number of nitrogens with zero attached hydrogens (tertiary/aromatic N) is 3. The Kier molecular flexibility index (Phi) is 3.86. The fraction of sp³-hybridized carbons (Fsp3) is 0.154. The van der Waals surface area contributed by atoms with Crippen LogP contribution in [-0.4, -0.2) is 21.7 Å². The van der Waals surface area contributed by atoms with Crippen molar-refractivity contribution >= 4 is 12.1 Å². The number of pyridine rings is 1. The molecular weight excluding hydrogens is 228 g/mol. The van der Waals surface area contributed by atoms with Crippen LogP contribution < -0.4 is 5.43 Å². The average molecular weight is 242 g/mol. The number of hydrogen-bond acceptors (Lipinski definition) is 3. The molecule has 0 saturated heterocycles. The van der Waals surface area contributed by atoms with Crippen LogP contribution in [0, 0.1) is 0 Å². The summed E-state index contributed by atoms with van der Waals surface area (Å²) in [5.74, 6) is -0.137. The third kappa shape index (κ3) is 3.28. The summed E-state index contributed by atoms with van der Waals surface area (Å²) in [7, 11) is 1.91. The molecule has 2 rings (SSSR count). The lowest BCUT2D eigenvalue weighted by molar-refractivity contribution is -0.120. The monoisotopic (exact) mass is 242 g/mol. The zero-order valence-electron chi connectivity index (χ0n) is 10.1. The van der Waals surface area contributed by atoms with Crippen LogP contribution in [-0.2, 0) is 18.3 Å². The second-order valence-electron chi connectivity index (χ2n) is 3.86. The van der Waals surface area contributed by atoms with Crippen molar-refractivity contribution in [3.8, 4) is 0 Å². The molecule has 0 spiro atoms. The Hall–Kier alpha value is -2.43. The van der Waals surface area contributed by atoms with Crippen molar-refractivity contribution in [3.63, 3.8) is 0 Å². The summed E-state index contributed by atoms with van der Waals surface area (Å²) in [6.07, 6.45) is 7.16. The van der Waals surface area contributed by atoms with Gasteiger partial charge in [-0.05, 0) is 29.8 Å². The maximum Gasteiger partial charge on any atom is 0.245 e. The molecule has 5 nitrogen and oxygen atoms in total. The predicted octanol–water partition coefficient (Wildman–Crippen LogP) is 1.11. The van der Waals surface area contributed by atoms with Gasteiger partial charge in [0.2, 0.25) is 5.91 Å². The van der Waals surface area contributed by atoms with E-state index in [0.29, 0.717) is 6.42 Å². The summed E-state index contributed by atoms with van der Waals surface area (Å²) >= 11 is 0. The molecule has 0 aliphatic rings. The molecular formula is C13H14N4O. The van der Waals surface area contributed by atoms with E-state index in [9.17, 15) is 4.79 Å². The summed E-state index contributed by atoms with van der Waals surface area (Å²) in [5.41, 5.74) is 4.34. The third-order valence-electron chi connectivity index (χ3n) is 2.50. The maximum atomic E-state index is 11.6. The van der Waals surface area contributed by atoms with E-state index in [4.69, 9.17) is 0 Å².